The summed E-state index contributed by atoms with van der Waals surface area (Å²) < 4.78 is 0. The van der Waals surface area contributed by atoms with E-state index >= 15 is 0 Å². The molecular weight excluding hydrogens is 368 g/mol. The van der Waals surface area contributed by atoms with Crippen molar-refractivity contribution in [3.8, 4) is 0 Å². The SMILES string of the molecule is CCc1ccc(CCC2CCC(C3CCC(C=CBr)CC3)CC2)cc1. The quantitative estimate of drug-likeness (QED) is 0.456. The first-order chi connectivity index (χ1) is 12.3. The van der Waals surface area contributed by atoms with Crippen molar-refractivity contribution in [1.29, 1.82) is 0 Å². The Morgan fingerprint density at radius 1 is 0.840 bits per heavy atom. The van der Waals surface area contributed by atoms with Gasteiger partial charge < -0.3 is 0 Å². The summed E-state index contributed by atoms with van der Waals surface area (Å²) >= 11 is 3.44. The molecule has 1 heteroatoms. The number of hydrogen-bond donors (Lipinski definition) is 0. The highest BCUT2D eigenvalue weighted by Gasteiger charge is 2.30. The number of rotatable bonds is 6. The number of halogens is 1. The summed E-state index contributed by atoms with van der Waals surface area (Å²) in [6, 6.07) is 9.33. The Labute approximate surface area is 163 Å². The lowest BCUT2D eigenvalue weighted by Gasteiger charge is -2.37. The summed E-state index contributed by atoms with van der Waals surface area (Å²) in [6.45, 7) is 2.23. The zero-order chi connectivity index (χ0) is 17.5. The summed E-state index contributed by atoms with van der Waals surface area (Å²) in [5.41, 5.74) is 3.00. The molecule has 0 spiro atoms. The summed E-state index contributed by atoms with van der Waals surface area (Å²) in [6.07, 6.45) is 18.0. The lowest BCUT2D eigenvalue weighted by Crippen LogP contribution is -2.25. The van der Waals surface area contributed by atoms with E-state index in [0.717, 1.165) is 30.1 Å². The van der Waals surface area contributed by atoms with Crippen molar-refractivity contribution in [3.05, 3.63) is 46.5 Å². The highest BCUT2D eigenvalue weighted by atomic mass is 79.9. The van der Waals surface area contributed by atoms with Crippen LogP contribution in [-0.4, -0.2) is 0 Å². The lowest BCUT2D eigenvalue weighted by molar-refractivity contribution is 0.153. The first kappa shape index (κ1) is 19.2. The fraction of sp³-hybridized carbons (Fsp3) is 0.667. The van der Waals surface area contributed by atoms with E-state index in [2.05, 4.69) is 58.2 Å². The van der Waals surface area contributed by atoms with Crippen LogP contribution >= 0.6 is 15.9 Å². The van der Waals surface area contributed by atoms with Crippen LogP contribution in [0.2, 0.25) is 0 Å². The molecule has 2 saturated carbocycles. The van der Waals surface area contributed by atoms with E-state index in [0.29, 0.717) is 0 Å². The molecule has 3 rings (SSSR count). The predicted octanol–water partition coefficient (Wildman–Crippen LogP) is 7.70. The van der Waals surface area contributed by atoms with Gasteiger partial charge >= 0.3 is 0 Å². The van der Waals surface area contributed by atoms with Crippen molar-refractivity contribution >= 4 is 15.9 Å². The number of hydrogen-bond acceptors (Lipinski definition) is 0. The lowest BCUT2D eigenvalue weighted by atomic mass is 9.68. The highest BCUT2D eigenvalue weighted by Crippen LogP contribution is 2.42. The summed E-state index contributed by atoms with van der Waals surface area (Å²) in [5.74, 6) is 3.89. The molecule has 0 bridgehead atoms. The topological polar surface area (TPSA) is 0 Å². The minimum atomic E-state index is 0.839. The van der Waals surface area contributed by atoms with Crippen molar-refractivity contribution in [2.75, 3.05) is 0 Å². The Morgan fingerprint density at radius 2 is 1.40 bits per heavy atom. The van der Waals surface area contributed by atoms with Crippen LogP contribution in [0.25, 0.3) is 0 Å². The summed E-state index contributed by atoms with van der Waals surface area (Å²) in [5, 5.41) is 0. The molecule has 0 aromatic heterocycles. The van der Waals surface area contributed by atoms with Gasteiger partial charge in [0.15, 0.2) is 0 Å². The largest absolute Gasteiger partial charge is 0.0745 e. The van der Waals surface area contributed by atoms with E-state index in [1.54, 1.807) is 0 Å². The van der Waals surface area contributed by atoms with Gasteiger partial charge in [-0.1, -0.05) is 66.0 Å². The van der Waals surface area contributed by atoms with Crippen molar-refractivity contribution in [2.24, 2.45) is 23.7 Å². The van der Waals surface area contributed by atoms with Gasteiger partial charge in [0, 0.05) is 0 Å². The normalized spacial score (nSPS) is 30.6. The molecule has 138 valence electrons. The molecule has 0 aliphatic heterocycles. The molecule has 1 aromatic rings. The zero-order valence-corrected chi connectivity index (χ0v) is 17.5. The van der Waals surface area contributed by atoms with Crippen molar-refractivity contribution in [1.82, 2.24) is 0 Å². The van der Waals surface area contributed by atoms with Crippen molar-refractivity contribution in [2.45, 2.75) is 77.6 Å². The van der Waals surface area contributed by atoms with Gasteiger partial charge in [-0.05, 0) is 97.6 Å². The second-order valence-corrected chi connectivity index (χ2v) is 9.01. The summed E-state index contributed by atoms with van der Waals surface area (Å²) in [4.78, 5) is 2.07. The maximum absolute atomic E-state index is 3.44. The zero-order valence-electron chi connectivity index (χ0n) is 15.9. The van der Waals surface area contributed by atoms with Crippen molar-refractivity contribution < 1.29 is 0 Å². The molecule has 2 aliphatic rings. The molecule has 0 amide bonds. The number of benzene rings is 1. The molecule has 0 heterocycles. The fourth-order valence-electron chi connectivity index (χ4n) is 5.17. The first-order valence-electron chi connectivity index (χ1n) is 10.6. The van der Waals surface area contributed by atoms with Crippen LogP contribution in [0.1, 0.15) is 75.8 Å². The van der Waals surface area contributed by atoms with Crippen LogP contribution in [-0.2, 0) is 12.8 Å². The Balaban J connectivity index is 1.37. The van der Waals surface area contributed by atoms with Gasteiger partial charge in [-0.15, -0.1) is 0 Å². The Bertz CT molecular complexity index is 514. The third kappa shape index (κ3) is 5.71. The molecule has 0 radical (unpaired) electrons. The maximum Gasteiger partial charge on any atom is -0.0225 e. The standard InChI is InChI=1S/C24H35Br/c1-2-19-3-5-20(6-4-19)7-8-21-9-13-23(14-10-21)24-15-11-22(12-16-24)17-18-25/h3-6,17-18,21-24H,2,7-16H2,1H3. The van der Waals surface area contributed by atoms with Gasteiger partial charge in [-0.2, -0.15) is 0 Å². The van der Waals surface area contributed by atoms with Gasteiger partial charge in [-0.3, -0.25) is 0 Å². The molecule has 0 atom stereocenters. The predicted molar refractivity (Wildman–Crippen MR) is 113 cm³/mol. The Kier molecular flexibility index (Phi) is 7.65. The third-order valence-corrected chi connectivity index (χ3v) is 7.30. The van der Waals surface area contributed by atoms with Crippen LogP contribution in [0.5, 0.6) is 0 Å². The number of allylic oxidation sites excluding steroid dienone is 1. The molecule has 2 fully saturated rings. The Hall–Kier alpha value is -0.560. The molecule has 0 N–H and O–H groups in total. The minimum absolute atomic E-state index is 0.839. The van der Waals surface area contributed by atoms with Gasteiger partial charge in [-0.25, -0.2) is 0 Å². The van der Waals surface area contributed by atoms with Gasteiger partial charge in [0.25, 0.3) is 0 Å². The van der Waals surface area contributed by atoms with Gasteiger partial charge in [0.1, 0.15) is 0 Å². The van der Waals surface area contributed by atoms with E-state index in [1.165, 1.54) is 75.3 Å². The third-order valence-electron chi connectivity index (χ3n) is 6.99. The average molecular weight is 403 g/mol. The highest BCUT2D eigenvalue weighted by molar-refractivity contribution is 9.11. The smallest absolute Gasteiger partial charge is 0.0225 e. The van der Waals surface area contributed by atoms with E-state index in [9.17, 15) is 0 Å². The molecule has 2 aliphatic carbocycles. The van der Waals surface area contributed by atoms with E-state index in [-0.39, 0.29) is 0 Å². The van der Waals surface area contributed by atoms with E-state index < -0.39 is 0 Å². The minimum Gasteiger partial charge on any atom is -0.0745 e. The van der Waals surface area contributed by atoms with Gasteiger partial charge in [0.05, 0.1) is 0 Å². The molecule has 0 nitrogen and oxygen atoms in total. The molecule has 0 unspecified atom stereocenters. The Morgan fingerprint density at radius 3 is 1.96 bits per heavy atom. The van der Waals surface area contributed by atoms with E-state index in [4.69, 9.17) is 0 Å². The molecule has 1 aromatic carbocycles. The average Bonchev–Trinajstić information content (AvgIpc) is 2.68. The number of aryl methyl sites for hydroxylation is 2. The van der Waals surface area contributed by atoms with E-state index in [1.807, 2.05) is 0 Å². The fourth-order valence-corrected chi connectivity index (χ4v) is 5.60. The monoisotopic (exact) mass is 402 g/mol. The molecule has 25 heavy (non-hydrogen) atoms. The first-order valence-corrected chi connectivity index (χ1v) is 11.5. The molecule has 0 saturated heterocycles. The second-order valence-electron chi connectivity index (χ2n) is 8.48. The van der Waals surface area contributed by atoms with Gasteiger partial charge in [0.2, 0.25) is 0 Å². The van der Waals surface area contributed by atoms with Crippen LogP contribution in [0, 0.1) is 23.7 Å². The molecular formula is C24H35Br. The van der Waals surface area contributed by atoms with Crippen LogP contribution < -0.4 is 0 Å². The van der Waals surface area contributed by atoms with Crippen LogP contribution in [0.15, 0.2) is 35.3 Å². The summed E-state index contributed by atoms with van der Waals surface area (Å²) in [7, 11) is 0. The second kappa shape index (κ2) is 9.95. The van der Waals surface area contributed by atoms with Crippen molar-refractivity contribution in [3.63, 3.8) is 0 Å². The maximum atomic E-state index is 3.44. The van der Waals surface area contributed by atoms with Crippen LogP contribution in [0.4, 0.5) is 0 Å². The van der Waals surface area contributed by atoms with Crippen LogP contribution in [0.3, 0.4) is 0 Å².